The van der Waals surface area contributed by atoms with Crippen molar-refractivity contribution in [1.29, 1.82) is 0 Å². The summed E-state index contributed by atoms with van der Waals surface area (Å²) < 4.78 is 44.5. The van der Waals surface area contributed by atoms with Gasteiger partial charge < -0.3 is 25.2 Å². The third kappa shape index (κ3) is 5.70. The Bertz CT molecular complexity index is 783. The molecule has 166 valence electrons. The Morgan fingerprint density at radius 2 is 2.00 bits per heavy atom. The number of ether oxygens (including phenoxy) is 1. The predicted octanol–water partition coefficient (Wildman–Crippen LogP) is 3.30. The minimum Gasteiger partial charge on any atom is -0.433 e. The van der Waals surface area contributed by atoms with Gasteiger partial charge in [0.2, 0.25) is 0 Å². The van der Waals surface area contributed by atoms with Crippen LogP contribution >= 0.6 is 0 Å². The van der Waals surface area contributed by atoms with Crippen LogP contribution in [0.1, 0.15) is 38.2 Å². The smallest absolute Gasteiger partial charge is 0.394 e. The lowest BCUT2D eigenvalue weighted by Crippen LogP contribution is -2.55. The van der Waals surface area contributed by atoms with E-state index in [1.54, 1.807) is 11.9 Å². The van der Waals surface area contributed by atoms with Crippen LogP contribution in [0.4, 0.5) is 22.8 Å². The van der Waals surface area contributed by atoms with E-state index in [4.69, 9.17) is 0 Å². The highest BCUT2D eigenvalue weighted by Crippen LogP contribution is 2.31. The van der Waals surface area contributed by atoms with E-state index in [0.29, 0.717) is 20.0 Å². The lowest BCUT2D eigenvalue weighted by atomic mass is 10.0. The number of nitrogens with one attached hydrogen (secondary N) is 2. The normalized spacial score (nSPS) is 19.2. The van der Waals surface area contributed by atoms with E-state index in [1.165, 1.54) is 0 Å². The zero-order chi connectivity index (χ0) is 21.9. The van der Waals surface area contributed by atoms with Gasteiger partial charge in [-0.05, 0) is 43.9 Å². The molecule has 7 nitrogen and oxygen atoms in total. The summed E-state index contributed by atoms with van der Waals surface area (Å²) in [6.07, 6.45) is 0.100. The van der Waals surface area contributed by atoms with Gasteiger partial charge in [0.1, 0.15) is 11.6 Å². The fraction of sp³-hybridized carbons (Fsp3) is 0.600. The van der Waals surface area contributed by atoms with Crippen molar-refractivity contribution in [3.63, 3.8) is 0 Å². The molecule has 1 heterocycles. The van der Waals surface area contributed by atoms with Crippen LogP contribution in [0.3, 0.4) is 0 Å². The van der Waals surface area contributed by atoms with Gasteiger partial charge in [0.05, 0.1) is 6.04 Å². The molecule has 2 fully saturated rings. The minimum atomic E-state index is -3.39. The number of benzene rings is 1. The number of amides is 4. The first-order valence-corrected chi connectivity index (χ1v) is 10.1. The Kier molecular flexibility index (Phi) is 6.62. The van der Waals surface area contributed by atoms with E-state index in [0.717, 1.165) is 43.9 Å². The van der Waals surface area contributed by atoms with Crippen molar-refractivity contribution in [2.45, 2.75) is 57.3 Å². The molecular weight excluding hydrogens is 401 g/mol. The van der Waals surface area contributed by atoms with Crippen LogP contribution in [0.15, 0.2) is 18.2 Å². The molecule has 0 bridgehead atoms. The summed E-state index contributed by atoms with van der Waals surface area (Å²) in [5.74, 6) is -0.810. The second kappa shape index (κ2) is 9.01. The largest absolute Gasteiger partial charge is 0.433 e. The molecule has 10 heteroatoms. The summed E-state index contributed by atoms with van der Waals surface area (Å²) in [5.41, 5.74) is 0.0450. The van der Waals surface area contributed by atoms with Crippen LogP contribution in [0, 0.1) is 5.82 Å². The number of carbonyl (C=O) groups excluding carboxylic acids is 2. The number of likely N-dealkylation sites (tertiary alicyclic amines) is 1. The maximum atomic E-state index is 14.0. The number of rotatable bonds is 6. The van der Waals surface area contributed by atoms with Gasteiger partial charge in [0.15, 0.2) is 0 Å². The van der Waals surface area contributed by atoms with Crippen molar-refractivity contribution in [1.82, 2.24) is 20.4 Å². The van der Waals surface area contributed by atoms with Crippen LogP contribution in [0.5, 0.6) is 5.75 Å². The molecule has 1 aromatic rings. The minimum absolute atomic E-state index is 0.0450. The van der Waals surface area contributed by atoms with Crippen molar-refractivity contribution in [3.05, 3.63) is 29.6 Å². The van der Waals surface area contributed by atoms with Crippen molar-refractivity contribution < 1.29 is 27.5 Å². The number of urea groups is 2. The monoisotopic (exact) mass is 428 g/mol. The summed E-state index contributed by atoms with van der Waals surface area (Å²) in [6.45, 7) is 1.35. The Labute approximate surface area is 173 Å². The van der Waals surface area contributed by atoms with E-state index in [1.807, 2.05) is 4.90 Å². The quantitative estimate of drug-likeness (QED) is 0.730. The van der Waals surface area contributed by atoms with E-state index < -0.39 is 11.9 Å². The maximum Gasteiger partial charge on any atom is 0.394 e. The van der Waals surface area contributed by atoms with E-state index in [2.05, 4.69) is 15.4 Å². The number of nitrogens with zero attached hydrogens (tertiary/aromatic N) is 2. The third-order valence-corrected chi connectivity index (χ3v) is 5.21. The first-order chi connectivity index (χ1) is 14.2. The van der Waals surface area contributed by atoms with Gasteiger partial charge >= 0.3 is 18.2 Å². The fourth-order valence-corrected chi connectivity index (χ4v) is 3.72. The molecule has 1 atom stereocenters. The summed E-state index contributed by atoms with van der Waals surface area (Å²) in [7, 11) is 1.59. The molecule has 1 aliphatic carbocycles. The highest BCUT2D eigenvalue weighted by Gasteiger charge is 2.39. The molecule has 0 spiro atoms. The summed E-state index contributed by atoms with van der Waals surface area (Å²) in [4.78, 5) is 28.3. The Hall–Kier alpha value is -2.65. The molecule has 1 saturated carbocycles. The molecule has 2 aliphatic rings. The van der Waals surface area contributed by atoms with Gasteiger partial charge in [0.25, 0.3) is 0 Å². The van der Waals surface area contributed by atoms with Crippen molar-refractivity contribution >= 4 is 12.1 Å². The topological polar surface area (TPSA) is 73.9 Å². The first kappa shape index (κ1) is 22.0. The number of hydrogen-bond donors (Lipinski definition) is 2. The average molecular weight is 428 g/mol. The zero-order valence-corrected chi connectivity index (χ0v) is 17.1. The summed E-state index contributed by atoms with van der Waals surface area (Å²) >= 11 is 0. The van der Waals surface area contributed by atoms with E-state index in [9.17, 15) is 22.8 Å². The molecule has 0 aromatic heterocycles. The standard InChI is InChI=1S/C20H27F3N4O3/c1-20(22,23)30-16-7-8-17(21)13(10-16)11-25-19(29)26-9-3-4-15(12-26)27(14-5-6-14)18(28)24-2/h7-8,10,14-15H,3-6,9,11-12H2,1-2H3,(H,24,28)(H,25,29)/t15-/m1/s1. The first-order valence-electron chi connectivity index (χ1n) is 10.1. The molecule has 0 unspecified atom stereocenters. The molecule has 3 rings (SSSR count). The number of piperidine rings is 1. The lowest BCUT2D eigenvalue weighted by molar-refractivity contribution is -0.159. The number of halogens is 3. The highest BCUT2D eigenvalue weighted by molar-refractivity contribution is 5.76. The average Bonchev–Trinajstić information content (AvgIpc) is 3.52. The molecule has 1 saturated heterocycles. The molecule has 4 amide bonds. The molecule has 30 heavy (non-hydrogen) atoms. The van der Waals surface area contributed by atoms with Crippen LogP contribution in [0.2, 0.25) is 0 Å². The van der Waals surface area contributed by atoms with Gasteiger partial charge in [-0.15, -0.1) is 0 Å². The third-order valence-electron chi connectivity index (χ3n) is 5.21. The lowest BCUT2D eigenvalue weighted by Gasteiger charge is -2.39. The van der Waals surface area contributed by atoms with Gasteiger partial charge in [-0.2, -0.15) is 8.78 Å². The Balaban J connectivity index is 1.59. The molecule has 2 N–H and O–H groups in total. The number of alkyl halides is 2. The summed E-state index contributed by atoms with van der Waals surface area (Å²) in [5, 5.41) is 5.29. The van der Waals surface area contributed by atoms with Crippen molar-refractivity contribution in [3.8, 4) is 5.75 Å². The van der Waals surface area contributed by atoms with Crippen molar-refractivity contribution in [2.24, 2.45) is 0 Å². The Morgan fingerprint density at radius 1 is 1.27 bits per heavy atom. The highest BCUT2D eigenvalue weighted by atomic mass is 19.3. The Morgan fingerprint density at radius 3 is 2.63 bits per heavy atom. The van der Waals surface area contributed by atoms with Crippen LogP contribution in [-0.4, -0.2) is 60.2 Å². The van der Waals surface area contributed by atoms with Crippen molar-refractivity contribution in [2.75, 3.05) is 20.1 Å². The molecule has 1 aromatic carbocycles. The van der Waals surface area contributed by atoms with Gasteiger partial charge in [-0.3, -0.25) is 0 Å². The summed E-state index contributed by atoms with van der Waals surface area (Å²) in [6, 6.07) is 2.89. The molecular formula is C20H27F3N4O3. The van der Waals surface area contributed by atoms with Crippen LogP contribution in [-0.2, 0) is 6.54 Å². The SMILES string of the molecule is CNC(=O)N(C1CC1)[C@@H]1CCCN(C(=O)NCc2cc(OC(C)(F)F)ccc2F)C1. The second-order valence-corrected chi connectivity index (χ2v) is 7.76. The fourth-order valence-electron chi connectivity index (χ4n) is 3.72. The predicted molar refractivity (Wildman–Crippen MR) is 104 cm³/mol. The zero-order valence-electron chi connectivity index (χ0n) is 17.1. The molecule has 1 aliphatic heterocycles. The second-order valence-electron chi connectivity index (χ2n) is 7.76. The maximum absolute atomic E-state index is 14.0. The number of hydrogen-bond acceptors (Lipinski definition) is 3. The van der Waals surface area contributed by atoms with Gasteiger partial charge in [0, 0.05) is 45.2 Å². The van der Waals surface area contributed by atoms with Gasteiger partial charge in [-0.1, -0.05) is 0 Å². The van der Waals surface area contributed by atoms with E-state index in [-0.39, 0.29) is 42.0 Å². The molecule has 0 radical (unpaired) electrons. The number of carbonyl (C=O) groups is 2. The van der Waals surface area contributed by atoms with Crippen LogP contribution in [0.25, 0.3) is 0 Å². The van der Waals surface area contributed by atoms with E-state index >= 15 is 0 Å². The van der Waals surface area contributed by atoms with Crippen LogP contribution < -0.4 is 15.4 Å². The van der Waals surface area contributed by atoms with Gasteiger partial charge in [-0.25, -0.2) is 14.0 Å².